The molecule has 0 fully saturated rings. The molecule has 0 aromatic heterocycles. The van der Waals surface area contributed by atoms with Crippen LogP contribution in [0.1, 0.15) is 6.92 Å². The van der Waals surface area contributed by atoms with Crippen LogP contribution in [0.5, 0.6) is 0 Å². The van der Waals surface area contributed by atoms with Crippen molar-refractivity contribution in [3.8, 4) is 0 Å². The van der Waals surface area contributed by atoms with E-state index in [0.29, 0.717) is 6.61 Å². The summed E-state index contributed by atoms with van der Waals surface area (Å²) in [6.45, 7) is 2.56. The minimum atomic E-state index is 0.641. The SMILES string of the molecule is B=C/C=C\N(NC)OCC. The average Bonchev–Trinajstić information content (AvgIpc) is 1.98. The van der Waals surface area contributed by atoms with Crippen LogP contribution in [0.25, 0.3) is 0 Å². The van der Waals surface area contributed by atoms with E-state index in [2.05, 4.69) is 12.9 Å². The zero-order valence-electron chi connectivity index (χ0n) is 6.50. The van der Waals surface area contributed by atoms with Gasteiger partial charge in [-0.25, -0.2) is 0 Å². The van der Waals surface area contributed by atoms with Gasteiger partial charge in [0, 0.05) is 0 Å². The summed E-state index contributed by atoms with van der Waals surface area (Å²) in [5.41, 5.74) is 2.81. The van der Waals surface area contributed by atoms with Crippen molar-refractivity contribution >= 4 is 13.5 Å². The van der Waals surface area contributed by atoms with Crippen molar-refractivity contribution in [2.45, 2.75) is 6.92 Å². The fourth-order valence-corrected chi connectivity index (χ4v) is 0.460. The predicted molar refractivity (Wildman–Crippen MR) is 44.9 cm³/mol. The van der Waals surface area contributed by atoms with E-state index in [1.165, 1.54) is 5.17 Å². The van der Waals surface area contributed by atoms with Gasteiger partial charge in [-0.05, 0) is 0 Å². The molecule has 0 spiro atoms. The van der Waals surface area contributed by atoms with E-state index in [-0.39, 0.29) is 0 Å². The van der Waals surface area contributed by atoms with Gasteiger partial charge in [0.1, 0.15) is 0 Å². The second-order valence-electron chi connectivity index (χ2n) is 1.54. The van der Waals surface area contributed by atoms with Crippen molar-refractivity contribution < 1.29 is 4.84 Å². The van der Waals surface area contributed by atoms with Gasteiger partial charge in [0.15, 0.2) is 0 Å². The number of allylic oxidation sites excluding steroid dienone is 1. The number of nitrogens with zero attached hydrogens (tertiary/aromatic N) is 1. The van der Waals surface area contributed by atoms with E-state index in [1.807, 2.05) is 6.92 Å². The predicted octanol–water partition coefficient (Wildman–Crippen LogP) is -0.409. The maximum atomic E-state index is 5.08. The van der Waals surface area contributed by atoms with Gasteiger partial charge in [-0.15, -0.1) is 0 Å². The number of nitrogens with one attached hydrogen (secondary N) is 1. The molecular formula is C6H13BN2O. The van der Waals surface area contributed by atoms with Crippen molar-refractivity contribution in [2.24, 2.45) is 0 Å². The first-order chi connectivity index (χ1) is 4.85. The molecule has 0 aliphatic rings. The van der Waals surface area contributed by atoms with Gasteiger partial charge in [0.25, 0.3) is 0 Å². The zero-order chi connectivity index (χ0) is 7.82. The number of hydrogen-bond donors (Lipinski definition) is 1. The summed E-state index contributed by atoms with van der Waals surface area (Å²) in [5.74, 6) is 1.68. The normalized spacial score (nSPS) is 10.1. The molecule has 0 aromatic rings. The van der Waals surface area contributed by atoms with Gasteiger partial charge in [0.2, 0.25) is 0 Å². The second kappa shape index (κ2) is 6.51. The number of hydrazine groups is 1. The topological polar surface area (TPSA) is 24.5 Å². The third-order valence-electron chi connectivity index (χ3n) is 0.846. The molecule has 4 heteroatoms. The maximum absolute atomic E-state index is 5.08. The first-order valence-corrected chi connectivity index (χ1v) is 3.24. The molecule has 0 rings (SSSR count). The Bertz CT molecular complexity index is 116. The molecule has 0 heterocycles. The molecular weight excluding hydrogens is 127 g/mol. The standard InChI is InChI=1S/C6H13BN2O/c1-3-10-9(8-2)6-4-5-7/h4-8H,3H2,1-2H3/b6-4-. The molecule has 0 aromatic carbocycles. The summed E-state index contributed by atoms with van der Waals surface area (Å²) < 4.78 is 0. The van der Waals surface area contributed by atoms with Gasteiger partial charge in [0.05, 0.1) is 0 Å². The molecule has 0 aliphatic carbocycles. The Hall–Kier alpha value is -0.605. The fourth-order valence-electron chi connectivity index (χ4n) is 0.460. The van der Waals surface area contributed by atoms with Crippen LogP contribution < -0.4 is 5.43 Å². The van der Waals surface area contributed by atoms with Crippen molar-refractivity contribution in [1.29, 1.82) is 0 Å². The van der Waals surface area contributed by atoms with Crippen LogP contribution in [0, 0.1) is 0 Å². The van der Waals surface area contributed by atoms with Crippen LogP contribution in [0.4, 0.5) is 0 Å². The Balaban J connectivity index is 3.58. The molecule has 0 bridgehead atoms. The molecule has 0 aliphatic heterocycles. The van der Waals surface area contributed by atoms with E-state index in [0.717, 1.165) is 0 Å². The van der Waals surface area contributed by atoms with E-state index in [1.54, 1.807) is 25.3 Å². The third kappa shape index (κ3) is 4.29. The molecule has 0 saturated carbocycles. The molecule has 0 radical (unpaired) electrons. The molecule has 3 nitrogen and oxygen atoms in total. The molecule has 56 valence electrons. The van der Waals surface area contributed by atoms with Crippen LogP contribution in [0.2, 0.25) is 0 Å². The Morgan fingerprint density at radius 3 is 2.80 bits per heavy atom. The molecule has 0 amide bonds. The average molecular weight is 140 g/mol. The molecule has 0 saturated heterocycles. The van der Waals surface area contributed by atoms with E-state index >= 15 is 0 Å². The van der Waals surface area contributed by atoms with Gasteiger partial charge in [-0.1, -0.05) is 0 Å². The van der Waals surface area contributed by atoms with E-state index in [9.17, 15) is 0 Å². The Morgan fingerprint density at radius 1 is 1.70 bits per heavy atom. The van der Waals surface area contributed by atoms with Gasteiger partial charge in [-0.3, -0.25) is 0 Å². The first kappa shape index (κ1) is 9.39. The van der Waals surface area contributed by atoms with Crippen LogP contribution >= 0.6 is 0 Å². The zero-order valence-corrected chi connectivity index (χ0v) is 6.50. The van der Waals surface area contributed by atoms with Crippen molar-refractivity contribution in [1.82, 2.24) is 10.6 Å². The minimum absolute atomic E-state index is 0.641. The Labute approximate surface area is 62.7 Å². The van der Waals surface area contributed by atoms with E-state index < -0.39 is 0 Å². The number of rotatable bonds is 5. The summed E-state index contributed by atoms with van der Waals surface area (Å²) in [6.07, 6.45) is 3.53. The second-order valence-corrected chi connectivity index (χ2v) is 1.54. The summed E-state index contributed by atoms with van der Waals surface area (Å²) in [4.78, 5) is 5.08. The summed E-state index contributed by atoms with van der Waals surface area (Å²) >= 11 is 0. The molecule has 0 unspecified atom stereocenters. The molecule has 0 atom stereocenters. The van der Waals surface area contributed by atoms with Crippen LogP contribution in [0.3, 0.4) is 0 Å². The quantitative estimate of drug-likeness (QED) is 0.415. The Kier molecular flexibility index (Phi) is 6.12. The van der Waals surface area contributed by atoms with E-state index in [4.69, 9.17) is 4.84 Å². The van der Waals surface area contributed by atoms with Crippen LogP contribution in [-0.4, -0.2) is 32.3 Å². The molecule has 1 N–H and O–H groups in total. The monoisotopic (exact) mass is 140 g/mol. The van der Waals surface area contributed by atoms with Crippen molar-refractivity contribution in [2.75, 3.05) is 13.7 Å². The Morgan fingerprint density at radius 2 is 2.40 bits per heavy atom. The first-order valence-electron chi connectivity index (χ1n) is 3.24. The van der Waals surface area contributed by atoms with Crippen molar-refractivity contribution in [3.05, 3.63) is 12.3 Å². The number of hydroxylamine groups is 1. The fraction of sp³-hybridized carbons (Fsp3) is 0.500. The van der Waals surface area contributed by atoms with Gasteiger partial charge in [-0.2, -0.15) is 0 Å². The van der Waals surface area contributed by atoms with Crippen LogP contribution in [-0.2, 0) is 4.84 Å². The van der Waals surface area contributed by atoms with Gasteiger partial charge >= 0.3 is 61.7 Å². The number of hydrogen-bond acceptors (Lipinski definition) is 3. The summed E-state index contributed by atoms with van der Waals surface area (Å²) in [5, 5.41) is 1.52. The summed E-state index contributed by atoms with van der Waals surface area (Å²) in [6, 6.07) is 0. The van der Waals surface area contributed by atoms with Gasteiger partial charge < -0.3 is 0 Å². The molecule has 10 heavy (non-hydrogen) atoms. The third-order valence-corrected chi connectivity index (χ3v) is 0.846. The van der Waals surface area contributed by atoms with Crippen LogP contribution in [0.15, 0.2) is 12.3 Å². The summed E-state index contributed by atoms with van der Waals surface area (Å²) in [7, 11) is 5.31. The van der Waals surface area contributed by atoms with Crippen molar-refractivity contribution in [3.63, 3.8) is 0 Å².